The first-order valence-electron chi connectivity index (χ1n) is 8.36. The Hall–Kier alpha value is -3.18. The van der Waals surface area contributed by atoms with Crippen molar-refractivity contribution in [3.05, 3.63) is 83.4 Å². The van der Waals surface area contributed by atoms with E-state index >= 15 is 0 Å². The van der Waals surface area contributed by atoms with Gasteiger partial charge in [0.15, 0.2) is 6.61 Å². The van der Waals surface area contributed by atoms with Gasteiger partial charge < -0.3 is 20.5 Å². The lowest BCUT2D eigenvalue weighted by Gasteiger charge is -2.11. The standard InChI is InChI=1S/C21H19ClN2O3/c22-19-12-15(6-11-20(19)26-14-21(23)25)13-24-16-7-9-18(10-8-16)27-17-4-2-1-3-5-17/h1-12,24H,13-14H2,(H2,23,25). The van der Waals surface area contributed by atoms with Gasteiger partial charge in [0.25, 0.3) is 5.91 Å². The zero-order valence-electron chi connectivity index (χ0n) is 14.5. The van der Waals surface area contributed by atoms with E-state index in [0.29, 0.717) is 17.3 Å². The first kappa shape index (κ1) is 18.6. The monoisotopic (exact) mass is 382 g/mol. The molecule has 138 valence electrons. The predicted octanol–water partition coefficient (Wildman–Crippen LogP) is 4.61. The molecule has 0 aliphatic carbocycles. The fraction of sp³-hybridized carbons (Fsp3) is 0.0952. The van der Waals surface area contributed by atoms with Crippen molar-refractivity contribution >= 4 is 23.2 Å². The van der Waals surface area contributed by atoms with E-state index in [4.69, 9.17) is 26.8 Å². The summed E-state index contributed by atoms with van der Waals surface area (Å²) in [6, 6.07) is 22.7. The molecule has 1 amide bonds. The molecule has 3 aromatic rings. The molecule has 0 radical (unpaired) electrons. The van der Waals surface area contributed by atoms with Gasteiger partial charge in [-0.2, -0.15) is 0 Å². The Morgan fingerprint density at radius 2 is 1.67 bits per heavy atom. The lowest BCUT2D eigenvalue weighted by Crippen LogP contribution is -2.20. The molecule has 0 bridgehead atoms. The fourth-order valence-corrected chi connectivity index (χ4v) is 2.65. The summed E-state index contributed by atoms with van der Waals surface area (Å²) in [7, 11) is 0. The SMILES string of the molecule is NC(=O)COc1ccc(CNc2ccc(Oc3ccccc3)cc2)cc1Cl. The number of para-hydroxylation sites is 1. The van der Waals surface area contributed by atoms with Crippen molar-refractivity contribution in [2.24, 2.45) is 5.73 Å². The molecule has 0 aliphatic heterocycles. The van der Waals surface area contributed by atoms with Gasteiger partial charge in [0.1, 0.15) is 17.2 Å². The van der Waals surface area contributed by atoms with Crippen LogP contribution < -0.4 is 20.5 Å². The van der Waals surface area contributed by atoms with E-state index in [1.807, 2.05) is 60.7 Å². The number of carbonyl (C=O) groups excluding carboxylic acids is 1. The van der Waals surface area contributed by atoms with Crippen LogP contribution in [0.3, 0.4) is 0 Å². The highest BCUT2D eigenvalue weighted by Gasteiger charge is 2.05. The summed E-state index contributed by atoms with van der Waals surface area (Å²) in [4.78, 5) is 10.8. The van der Waals surface area contributed by atoms with Crippen LogP contribution in [0, 0.1) is 0 Å². The average molecular weight is 383 g/mol. The number of ether oxygens (including phenoxy) is 2. The summed E-state index contributed by atoms with van der Waals surface area (Å²) in [5.41, 5.74) is 7.00. The molecule has 0 aliphatic rings. The Balaban J connectivity index is 1.55. The zero-order valence-corrected chi connectivity index (χ0v) is 15.3. The summed E-state index contributed by atoms with van der Waals surface area (Å²) < 4.78 is 11.0. The molecule has 3 rings (SSSR count). The molecule has 6 heteroatoms. The molecular formula is C21H19ClN2O3. The number of halogens is 1. The van der Waals surface area contributed by atoms with Gasteiger partial charge in [0, 0.05) is 12.2 Å². The minimum absolute atomic E-state index is 0.200. The molecule has 27 heavy (non-hydrogen) atoms. The molecule has 0 spiro atoms. The van der Waals surface area contributed by atoms with E-state index in [1.54, 1.807) is 12.1 Å². The third-order valence-electron chi connectivity index (χ3n) is 3.70. The van der Waals surface area contributed by atoms with Crippen LogP contribution in [0.2, 0.25) is 5.02 Å². The fourth-order valence-electron chi connectivity index (χ4n) is 2.39. The van der Waals surface area contributed by atoms with E-state index in [-0.39, 0.29) is 6.61 Å². The minimum Gasteiger partial charge on any atom is -0.482 e. The van der Waals surface area contributed by atoms with Crippen molar-refractivity contribution < 1.29 is 14.3 Å². The highest BCUT2D eigenvalue weighted by atomic mass is 35.5. The lowest BCUT2D eigenvalue weighted by atomic mass is 10.2. The van der Waals surface area contributed by atoms with Crippen molar-refractivity contribution in [3.63, 3.8) is 0 Å². The van der Waals surface area contributed by atoms with E-state index in [2.05, 4.69) is 5.32 Å². The van der Waals surface area contributed by atoms with Crippen LogP contribution >= 0.6 is 11.6 Å². The van der Waals surface area contributed by atoms with Crippen molar-refractivity contribution in [2.75, 3.05) is 11.9 Å². The zero-order chi connectivity index (χ0) is 19.1. The second-order valence-electron chi connectivity index (χ2n) is 5.81. The molecule has 5 nitrogen and oxygen atoms in total. The van der Waals surface area contributed by atoms with Crippen LogP contribution in [0.4, 0.5) is 5.69 Å². The van der Waals surface area contributed by atoms with Crippen molar-refractivity contribution in [3.8, 4) is 17.2 Å². The van der Waals surface area contributed by atoms with E-state index in [1.165, 1.54) is 0 Å². The molecule has 0 aromatic heterocycles. The molecule has 0 heterocycles. The quantitative estimate of drug-likeness (QED) is 0.596. The molecule has 3 aromatic carbocycles. The highest BCUT2D eigenvalue weighted by Crippen LogP contribution is 2.26. The Bertz CT molecular complexity index is 899. The number of primary amides is 1. The number of amides is 1. The van der Waals surface area contributed by atoms with Gasteiger partial charge >= 0.3 is 0 Å². The molecular weight excluding hydrogens is 364 g/mol. The average Bonchev–Trinajstić information content (AvgIpc) is 2.67. The summed E-state index contributed by atoms with van der Waals surface area (Å²) >= 11 is 6.17. The lowest BCUT2D eigenvalue weighted by molar-refractivity contribution is -0.119. The van der Waals surface area contributed by atoms with E-state index < -0.39 is 5.91 Å². The third kappa shape index (κ3) is 5.66. The second-order valence-corrected chi connectivity index (χ2v) is 6.22. The number of hydrogen-bond donors (Lipinski definition) is 2. The van der Waals surface area contributed by atoms with Crippen molar-refractivity contribution in [2.45, 2.75) is 6.54 Å². The first-order chi connectivity index (χ1) is 13.1. The number of nitrogens with one attached hydrogen (secondary N) is 1. The predicted molar refractivity (Wildman–Crippen MR) is 106 cm³/mol. The van der Waals surface area contributed by atoms with Crippen LogP contribution in [0.15, 0.2) is 72.8 Å². The van der Waals surface area contributed by atoms with Crippen LogP contribution in [0.1, 0.15) is 5.56 Å². The Morgan fingerprint density at radius 3 is 2.33 bits per heavy atom. The van der Waals surface area contributed by atoms with E-state index in [9.17, 15) is 4.79 Å². The Morgan fingerprint density at radius 1 is 0.963 bits per heavy atom. The number of benzene rings is 3. The van der Waals surface area contributed by atoms with Gasteiger partial charge in [-0.25, -0.2) is 0 Å². The number of nitrogens with two attached hydrogens (primary N) is 1. The number of anilines is 1. The van der Waals surface area contributed by atoms with E-state index in [0.717, 1.165) is 22.7 Å². The van der Waals surface area contributed by atoms with Gasteiger partial charge in [-0.1, -0.05) is 35.9 Å². The number of hydrogen-bond acceptors (Lipinski definition) is 4. The first-order valence-corrected chi connectivity index (χ1v) is 8.74. The summed E-state index contributed by atoms with van der Waals surface area (Å²) in [5, 5.41) is 3.75. The maximum atomic E-state index is 10.8. The maximum Gasteiger partial charge on any atom is 0.255 e. The Kier molecular flexibility index (Phi) is 6.18. The summed E-state index contributed by atoms with van der Waals surface area (Å²) in [5.74, 6) is 1.45. The third-order valence-corrected chi connectivity index (χ3v) is 3.99. The van der Waals surface area contributed by atoms with Gasteiger partial charge in [-0.3, -0.25) is 4.79 Å². The molecule has 0 atom stereocenters. The van der Waals surface area contributed by atoms with Gasteiger partial charge in [-0.15, -0.1) is 0 Å². The van der Waals surface area contributed by atoms with Crippen LogP contribution in [0.25, 0.3) is 0 Å². The number of rotatable bonds is 8. The molecule has 0 unspecified atom stereocenters. The van der Waals surface area contributed by atoms with Crippen LogP contribution in [-0.2, 0) is 11.3 Å². The summed E-state index contributed by atoms with van der Waals surface area (Å²) in [6.45, 7) is 0.392. The minimum atomic E-state index is -0.545. The second kappa shape index (κ2) is 8.96. The van der Waals surface area contributed by atoms with Crippen LogP contribution in [-0.4, -0.2) is 12.5 Å². The largest absolute Gasteiger partial charge is 0.482 e. The van der Waals surface area contributed by atoms with Gasteiger partial charge in [-0.05, 0) is 54.1 Å². The van der Waals surface area contributed by atoms with Crippen LogP contribution in [0.5, 0.6) is 17.2 Å². The molecule has 0 saturated carbocycles. The normalized spacial score (nSPS) is 10.3. The van der Waals surface area contributed by atoms with Gasteiger partial charge in [0.05, 0.1) is 5.02 Å². The number of carbonyl (C=O) groups is 1. The molecule has 0 saturated heterocycles. The highest BCUT2D eigenvalue weighted by molar-refractivity contribution is 6.32. The smallest absolute Gasteiger partial charge is 0.255 e. The molecule has 0 fully saturated rings. The van der Waals surface area contributed by atoms with Gasteiger partial charge in [0.2, 0.25) is 0 Å². The topological polar surface area (TPSA) is 73.6 Å². The maximum absolute atomic E-state index is 10.8. The molecule has 3 N–H and O–H groups in total. The van der Waals surface area contributed by atoms with Crippen molar-refractivity contribution in [1.29, 1.82) is 0 Å². The summed E-state index contributed by atoms with van der Waals surface area (Å²) in [6.07, 6.45) is 0. The van der Waals surface area contributed by atoms with Crippen molar-refractivity contribution in [1.82, 2.24) is 0 Å². The Labute approximate surface area is 162 Å².